The lowest BCUT2D eigenvalue weighted by Crippen LogP contribution is -2.27. The molecule has 18 heavy (non-hydrogen) atoms. The normalized spacial score (nSPS) is 16.9. The topological polar surface area (TPSA) is 21.3 Å². The molecule has 1 aliphatic rings. The minimum Gasteiger partial charge on any atom is -0.491 e. The first-order valence-corrected chi connectivity index (χ1v) is 7.12. The van der Waals surface area contributed by atoms with Crippen LogP contribution >= 0.6 is 0 Å². The second-order valence-electron chi connectivity index (χ2n) is 5.55. The van der Waals surface area contributed by atoms with E-state index in [0.29, 0.717) is 6.04 Å². The van der Waals surface area contributed by atoms with Crippen LogP contribution in [-0.4, -0.2) is 19.2 Å². The predicted molar refractivity (Wildman–Crippen MR) is 76.1 cm³/mol. The molecular weight excluding hydrogens is 222 g/mol. The zero-order valence-corrected chi connectivity index (χ0v) is 11.8. The highest BCUT2D eigenvalue weighted by Crippen LogP contribution is 2.34. The van der Waals surface area contributed by atoms with E-state index in [1.807, 2.05) is 0 Å². The first-order chi connectivity index (χ1) is 8.70. The van der Waals surface area contributed by atoms with E-state index in [-0.39, 0.29) is 6.10 Å². The smallest absolute Gasteiger partial charge is 0.122 e. The lowest BCUT2D eigenvalue weighted by atomic mass is 10.0. The van der Waals surface area contributed by atoms with Gasteiger partial charge in [-0.2, -0.15) is 0 Å². The fourth-order valence-electron chi connectivity index (χ4n) is 2.50. The van der Waals surface area contributed by atoms with Gasteiger partial charge in [-0.15, -0.1) is 0 Å². The van der Waals surface area contributed by atoms with Crippen LogP contribution in [0.5, 0.6) is 5.75 Å². The highest BCUT2D eigenvalue weighted by atomic mass is 16.5. The standard InChI is InChI=1S/C16H25NO/c1-12(2)18-16-7-5-4-6-14(16)10-11-15(17-3)13-8-9-13/h4-7,12-13,15,17H,8-11H2,1-3H3. The van der Waals surface area contributed by atoms with Crippen molar-refractivity contribution in [1.29, 1.82) is 0 Å². The number of ether oxygens (including phenoxy) is 1. The van der Waals surface area contributed by atoms with Crippen LogP contribution in [0.1, 0.15) is 38.7 Å². The summed E-state index contributed by atoms with van der Waals surface area (Å²) in [6.07, 6.45) is 5.35. The summed E-state index contributed by atoms with van der Waals surface area (Å²) in [5.74, 6) is 1.96. The van der Waals surface area contributed by atoms with Gasteiger partial charge in [0.2, 0.25) is 0 Å². The summed E-state index contributed by atoms with van der Waals surface area (Å²) in [7, 11) is 2.08. The van der Waals surface area contributed by atoms with Gasteiger partial charge < -0.3 is 10.1 Å². The molecule has 0 radical (unpaired) electrons. The number of para-hydroxylation sites is 1. The molecule has 0 spiro atoms. The highest BCUT2D eigenvalue weighted by Gasteiger charge is 2.29. The molecule has 1 atom stereocenters. The van der Waals surface area contributed by atoms with Gasteiger partial charge in [0.1, 0.15) is 5.75 Å². The zero-order chi connectivity index (χ0) is 13.0. The van der Waals surface area contributed by atoms with Crippen molar-refractivity contribution in [2.75, 3.05) is 7.05 Å². The molecule has 1 fully saturated rings. The van der Waals surface area contributed by atoms with E-state index in [9.17, 15) is 0 Å². The first kappa shape index (κ1) is 13.4. The number of rotatable bonds is 7. The first-order valence-electron chi connectivity index (χ1n) is 7.12. The van der Waals surface area contributed by atoms with Crippen molar-refractivity contribution < 1.29 is 4.74 Å². The molecule has 0 bridgehead atoms. The van der Waals surface area contributed by atoms with Gasteiger partial charge in [-0.3, -0.25) is 0 Å². The number of aryl methyl sites for hydroxylation is 1. The Balaban J connectivity index is 1.94. The SMILES string of the molecule is CNC(CCc1ccccc1OC(C)C)C1CC1. The molecule has 0 amide bonds. The second-order valence-corrected chi connectivity index (χ2v) is 5.55. The van der Waals surface area contributed by atoms with Crippen molar-refractivity contribution in [2.45, 2.75) is 51.7 Å². The Hall–Kier alpha value is -1.02. The molecule has 2 rings (SSSR count). The summed E-state index contributed by atoms with van der Waals surface area (Å²) in [6, 6.07) is 9.11. The molecule has 0 aromatic heterocycles. The van der Waals surface area contributed by atoms with E-state index in [4.69, 9.17) is 4.74 Å². The fourth-order valence-corrected chi connectivity index (χ4v) is 2.50. The second kappa shape index (κ2) is 6.24. The van der Waals surface area contributed by atoms with Crippen LogP contribution in [0.4, 0.5) is 0 Å². The van der Waals surface area contributed by atoms with E-state index >= 15 is 0 Å². The van der Waals surface area contributed by atoms with Gasteiger partial charge >= 0.3 is 0 Å². The van der Waals surface area contributed by atoms with E-state index in [0.717, 1.165) is 18.1 Å². The third-order valence-electron chi connectivity index (χ3n) is 3.62. The fraction of sp³-hybridized carbons (Fsp3) is 0.625. The molecule has 2 nitrogen and oxygen atoms in total. The molecule has 0 aliphatic heterocycles. The van der Waals surface area contributed by atoms with Crippen LogP contribution in [0.3, 0.4) is 0 Å². The average Bonchev–Trinajstić information content (AvgIpc) is 3.16. The van der Waals surface area contributed by atoms with Crippen LogP contribution in [0.25, 0.3) is 0 Å². The molecule has 1 unspecified atom stereocenters. The van der Waals surface area contributed by atoms with E-state index in [2.05, 4.69) is 50.5 Å². The lowest BCUT2D eigenvalue weighted by molar-refractivity contribution is 0.239. The van der Waals surface area contributed by atoms with Gasteiger partial charge in [-0.25, -0.2) is 0 Å². The van der Waals surface area contributed by atoms with Gasteiger partial charge in [-0.05, 0) is 64.1 Å². The molecule has 1 saturated carbocycles. The molecular formula is C16H25NO. The van der Waals surface area contributed by atoms with Crippen LogP contribution in [0, 0.1) is 5.92 Å². The molecule has 1 aliphatic carbocycles. The maximum absolute atomic E-state index is 5.87. The number of hydrogen-bond acceptors (Lipinski definition) is 2. The van der Waals surface area contributed by atoms with Crippen LogP contribution in [0.2, 0.25) is 0 Å². The number of benzene rings is 1. The summed E-state index contributed by atoms with van der Waals surface area (Å²) < 4.78 is 5.87. The Kier molecular flexibility index (Phi) is 4.65. The van der Waals surface area contributed by atoms with Crippen molar-refractivity contribution in [2.24, 2.45) is 5.92 Å². The quantitative estimate of drug-likeness (QED) is 0.797. The Morgan fingerprint density at radius 1 is 1.28 bits per heavy atom. The van der Waals surface area contributed by atoms with Gasteiger partial charge in [0, 0.05) is 6.04 Å². The molecule has 1 aromatic carbocycles. The Bertz CT molecular complexity index is 371. The largest absolute Gasteiger partial charge is 0.491 e. The molecule has 0 saturated heterocycles. The van der Waals surface area contributed by atoms with E-state index < -0.39 is 0 Å². The van der Waals surface area contributed by atoms with Gasteiger partial charge in [0.25, 0.3) is 0 Å². The minimum atomic E-state index is 0.245. The van der Waals surface area contributed by atoms with Gasteiger partial charge in [-0.1, -0.05) is 18.2 Å². The van der Waals surface area contributed by atoms with Crippen molar-refractivity contribution in [3.8, 4) is 5.75 Å². The number of hydrogen-bond donors (Lipinski definition) is 1. The van der Waals surface area contributed by atoms with Crippen molar-refractivity contribution in [3.05, 3.63) is 29.8 Å². The van der Waals surface area contributed by atoms with Crippen molar-refractivity contribution >= 4 is 0 Å². The lowest BCUT2D eigenvalue weighted by Gasteiger charge is -2.18. The summed E-state index contributed by atoms with van der Waals surface area (Å²) in [5.41, 5.74) is 1.34. The van der Waals surface area contributed by atoms with Crippen molar-refractivity contribution in [1.82, 2.24) is 5.32 Å². The Labute approximate surface area is 111 Å². The monoisotopic (exact) mass is 247 g/mol. The third kappa shape index (κ3) is 3.74. The Morgan fingerprint density at radius 2 is 2.00 bits per heavy atom. The summed E-state index contributed by atoms with van der Waals surface area (Å²) in [6.45, 7) is 4.16. The van der Waals surface area contributed by atoms with E-state index in [1.54, 1.807) is 0 Å². The maximum Gasteiger partial charge on any atom is 0.122 e. The average molecular weight is 247 g/mol. The van der Waals surface area contributed by atoms with Crippen LogP contribution in [-0.2, 0) is 6.42 Å². The molecule has 1 N–H and O–H groups in total. The summed E-state index contributed by atoms with van der Waals surface area (Å²) in [5, 5.41) is 3.45. The minimum absolute atomic E-state index is 0.245. The van der Waals surface area contributed by atoms with Crippen molar-refractivity contribution in [3.63, 3.8) is 0 Å². The van der Waals surface area contributed by atoms with Crippen LogP contribution < -0.4 is 10.1 Å². The summed E-state index contributed by atoms with van der Waals surface area (Å²) in [4.78, 5) is 0. The number of nitrogens with one attached hydrogen (secondary N) is 1. The van der Waals surface area contributed by atoms with E-state index in [1.165, 1.54) is 24.8 Å². The Morgan fingerprint density at radius 3 is 2.61 bits per heavy atom. The van der Waals surface area contributed by atoms with Gasteiger partial charge in [0.15, 0.2) is 0 Å². The molecule has 0 heterocycles. The zero-order valence-electron chi connectivity index (χ0n) is 11.8. The maximum atomic E-state index is 5.87. The van der Waals surface area contributed by atoms with Crippen LogP contribution in [0.15, 0.2) is 24.3 Å². The van der Waals surface area contributed by atoms with Gasteiger partial charge in [0.05, 0.1) is 6.10 Å². The predicted octanol–water partition coefficient (Wildman–Crippen LogP) is 3.40. The molecule has 100 valence electrons. The molecule has 1 aromatic rings. The third-order valence-corrected chi connectivity index (χ3v) is 3.62. The molecule has 2 heteroatoms. The summed E-state index contributed by atoms with van der Waals surface area (Å²) >= 11 is 0. The highest BCUT2D eigenvalue weighted by molar-refractivity contribution is 5.33.